The van der Waals surface area contributed by atoms with E-state index in [0.717, 1.165) is 32.2 Å². The molecule has 2 aromatic rings. The van der Waals surface area contributed by atoms with Crippen LogP contribution in [0.1, 0.15) is 32.1 Å². The molecule has 0 radical (unpaired) electrons. The maximum absolute atomic E-state index is 15.6. The zero-order chi connectivity index (χ0) is 25.0. The van der Waals surface area contributed by atoms with Gasteiger partial charge in [-0.05, 0) is 48.2 Å². The topological polar surface area (TPSA) is 60.0 Å². The van der Waals surface area contributed by atoms with E-state index in [1.54, 1.807) is 6.08 Å². The van der Waals surface area contributed by atoms with Crippen molar-refractivity contribution in [1.29, 1.82) is 0 Å². The fourth-order valence-corrected chi connectivity index (χ4v) is 6.82. The third kappa shape index (κ3) is 3.95. The molecule has 3 saturated heterocycles. The number of aromatic nitrogens is 2. The van der Waals surface area contributed by atoms with E-state index in [0.29, 0.717) is 43.1 Å². The first kappa shape index (κ1) is 24.6. The lowest BCUT2D eigenvalue weighted by molar-refractivity contribution is 0.0763. The lowest BCUT2D eigenvalue weighted by atomic mass is 9.95. The van der Waals surface area contributed by atoms with Crippen LogP contribution in [0.3, 0.4) is 0 Å². The van der Waals surface area contributed by atoms with Gasteiger partial charge in [-0.3, -0.25) is 4.90 Å². The van der Waals surface area contributed by atoms with Gasteiger partial charge in [0, 0.05) is 19.6 Å². The van der Waals surface area contributed by atoms with Crippen molar-refractivity contribution in [3.05, 3.63) is 28.0 Å². The molecule has 0 bridgehead atoms. The van der Waals surface area contributed by atoms with Gasteiger partial charge in [0.05, 0.1) is 34.1 Å². The monoisotopic (exact) mass is 584 g/mol. The Labute approximate surface area is 221 Å². The number of fused-ring (bicyclic) bond motifs is 1. The van der Waals surface area contributed by atoms with Crippen LogP contribution in [-0.4, -0.2) is 78.2 Å². The molecule has 0 amide bonds. The smallest absolute Gasteiger partial charge is 0.319 e. The van der Waals surface area contributed by atoms with Crippen molar-refractivity contribution in [2.45, 2.75) is 55.9 Å². The highest BCUT2D eigenvalue weighted by molar-refractivity contribution is 9.10. The van der Waals surface area contributed by atoms with Crippen LogP contribution in [0.4, 0.5) is 14.6 Å². The molecule has 4 aliphatic heterocycles. The van der Waals surface area contributed by atoms with Gasteiger partial charge in [-0.1, -0.05) is 17.7 Å². The molecule has 1 aromatic carbocycles. The first-order chi connectivity index (χ1) is 17.4. The fraction of sp³-hybridized carbons (Fsp3) is 0.600. The maximum Gasteiger partial charge on any atom is 0.319 e. The summed E-state index contributed by atoms with van der Waals surface area (Å²) in [5.41, 5.74) is -0.317. The average molecular weight is 586 g/mol. The SMILES string of the molecule is C=C[C@H]1COc2c(Cl)c(Br)c(F)c3nc(OC[C@@]45CCCN4C[C@H](F)C5)nc(c23)N1C1CCCOC1. The molecule has 4 aliphatic rings. The largest absolute Gasteiger partial charge is 0.489 e. The van der Waals surface area contributed by atoms with Crippen molar-refractivity contribution in [3.63, 3.8) is 0 Å². The minimum atomic E-state index is -0.874. The molecule has 36 heavy (non-hydrogen) atoms. The van der Waals surface area contributed by atoms with Crippen LogP contribution in [-0.2, 0) is 4.74 Å². The zero-order valence-electron chi connectivity index (χ0n) is 19.8. The van der Waals surface area contributed by atoms with Crippen LogP contribution in [0.5, 0.6) is 11.8 Å². The molecule has 1 unspecified atom stereocenters. The van der Waals surface area contributed by atoms with Gasteiger partial charge in [0.2, 0.25) is 0 Å². The summed E-state index contributed by atoms with van der Waals surface area (Å²) in [6.07, 6.45) is 4.97. The Morgan fingerprint density at radius 3 is 2.94 bits per heavy atom. The quantitative estimate of drug-likeness (QED) is 0.359. The Balaban J connectivity index is 1.47. The second-order valence-corrected chi connectivity index (χ2v) is 11.3. The van der Waals surface area contributed by atoms with E-state index < -0.39 is 12.0 Å². The highest BCUT2D eigenvalue weighted by Crippen LogP contribution is 2.48. The molecule has 0 aliphatic carbocycles. The van der Waals surface area contributed by atoms with Gasteiger partial charge >= 0.3 is 6.01 Å². The van der Waals surface area contributed by atoms with Crippen molar-refractivity contribution in [1.82, 2.24) is 14.9 Å². The first-order valence-electron chi connectivity index (χ1n) is 12.4. The van der Waals surface area contributed by atoms with Gasteiger partial charge in [0.1, 0.15) is 35.7 Å². The Morgan fingerprint density at radius 2 is 2.17 bits per heavy atom. The lowest BCUT2D eigenvalue weighted by Gasteiger charge is -2.38. The average Bonchev–Trinajstić information content (AvgIpc) is 3.35. The molecule has 5 heterocycles. The summed E-state index contributed by atoms with van der Waals surface area (Å²) < 4.78 is 48.0. The van der Waals surface area contributed by atoms with Gasteiger partial charge < -0.3 is 19.1 Å². The molecular formula is C25H28BrClF2N4O3. The van der Waals surface area contributed by atoms with Gasteiger partial charge in [-0.15, -0.1) is 6.58 Å². The predicted octanol–water partition coefficient (Wildman–Crippen LogP) is 5.07. The van der Waals surface area contributed by atoms with Crippen LogP contribution in [0.15, 0.2) is 17.1 Å². The van der Waals surface area contributed by atoms with Gasteiger partial charge in [0.25, 0.3) is 0 Å². The number of nitrogens with zero attached hydrogens (tertiary/aromatic N) is 4. The standard InChI is InChI=1S/C25H28BrClF2N4O3/c1-2-15-12-35-22-17-21(20(29)18(26)19(22)27)30-24(31-23(17)33(15)16-5-3-8-34-11-16)36-13-25-6-4-7-32(25)10-14(28)9-25/h2,14-16H,1,3-13H2/t14-,15+,16?,25+/m1/s1. The Kier molecular flexibility index (Phi) is 6.50. The number of anilines is 1. The summed E-state index contributed by atoms with van der Waals surface area (Å²) in [5, 5.41) is 0.525. The van der Waals surface area contributed by atoms with Gasteiger partial charge in [0.15, 0.2) is 11.6 Å². The first-order valence-corrected chi connectivity index (χ1v) is 13.6. The van der Waals surface area contributed by atoms with Crippen LogP contribution >= 0.6 is 27.5 Å². The normalized spacial score (nSPS) is 30.2. The molecular weight excluding hydrogens is 558 g/mol. The van der Waals surface area contributed by atoms with Crippen LogP contribution in [0.2, 0.25) is 5.02 Å². The maximum atomic E-state index is 15.6. The Morgan fingerprint density at radius 1 is 1.31 bits per heavy atom. The highest BCUT2D eigenvalue weighted by Gasteiger charge is 2.49. The van der Waals surface area contributed by atoms with Crippen LogP contribution in [0.25, 0.3) is 10.9 Å². The lowest BCUT2D eigenvalue weighted by Crippen LogP contribution is -2.49. The fourth-order valence-electron chi connectivity index (χ4n) is 6.22. The number of hydrogen-bond acceptors (Lipinski definition) is 7. The summed E-state index contributed by atoms with van der Waals surface area (Å²) in [6.45, 7) is 7.00. The molecule has 6 rings (SSSR count). The van der Waals surface area contributed by atoms with E-state index in [1.807, 2.05) is 0 Å². The molecule has 4 atom stereocenters. The number of halogens is 4. The number of ether oxygens (including phenoxy) is 3. The van der Waals surface area contributed by atoms with E-state index in [1.165, 1.54) is 0 Å². The van der Waals surface area contributed by atoms with E-state index >= 15 is 4.39 Å². The number of hydrogen-bond donors (Lipinski definition) is 0. The van der Waals surface area contributed by atoms with Crippen molar-refractivity contribution in [3.8, 4) is 11.8 Å². The Hall–Kier alpha value is -1.75. The second-order valence-electron chi connectivity index (χ2n) is 10.1. The Bertz CT molecular complexity index is 1200. The van der Waals surface area contributed by atoms with E-state index in [2.05, 4.69) is 37.3 Å². The summed E-state index contributed by atoms with van der Waals surface area (Å²) in [7, 11) is 0. The van der Waals surface area contributed by atoms with Gasteiger partial charge in [-0.25, -0.2) is 8.78 Å². The van der Waals surface area contributed by atoms with E-state index in [-0.39, 0.29) is 51.9 Å². The zero-order valence-corrected chi connectivity index (χ0v) is 22.2. The van der Waals surface area contributed by atoms with Crippen LogP contribution < -0.4 is 14.4 Å². The second kappa shape index (κ2) is 9.53. The molecule has 7 nitrogen and oxygen atoms in total. The van der Waals surface area contributed by atoms with Crippen LogP contribution in [0, 0.1) is 5.82 Å². The molecule has 1 aromatic heterocycles. The predicted molar refractivity (Wildman–Crippen MR) is 137 cm³/mol. The number of benzene rings is 1. The summed E-state index contributed by atoms with van der Waals surface area (Å²) in [6, 6.07) is -0.218. The van der Waals surface area contributed by atoms with E-state index in [9.17, 15) is 4.39 Å². The van der Waals surface area contributed by atoms with E-state index in [4.69, 9.17) is 30.8 Å². The van der Waals surface area contributed by atoms with Gasteiger partial charge in [-0.2, -0.15) is 9.97 Å². The highest BCUT2D eigenvalue weighted by atomic mass is 79.9. The van der Waals surface area contributed by atoms with Crippen molar-refractivity contribution in [2.24, 2.45) is 0 Å². The summed E-state index contributed by atoms with van der Waals surface area (Å²) >= 11 is 9.79. The minimum absolute atomic E-state index is 0.0150. The molecule has 0 saturated carbocycles. The third-order valence-corrected chi connectivity index (χ3v) is 9.26. The molecule has 0 spiro atoms. The minimum Gasteiger partial charge on any atom is -0.489 e. The summed E-state index contributed by atoms with van der Waals surface area (Å²) in [4.78, 5) is 13.5. The summed E-state index contributed by atoms with van der Waals surface area (Å²) in [5.74, 6) is 0.189. The number of rotatable bonds is 5. The molecule has 11 heteroatoms. The third-order valence-electron chi connectivity index (χ3n) is 7.92. The molecule has 194 valence electrons. The molecule has 0 N–H and O–H groups in total. The molecule has 3 fully saturated rings. The van der Waals surface area contributed by atoms with Crippen molar-refractivity contribution < 1.29 is 23.0 Å². The van der Waals surface area contributed by atoms with Crippen molar-refractivity contribution in [2.75, 3.05) is 44.4 Å². The van der Waals surface area contributed by atoms with Crippen molar-refractivity contribution >= 4 is 44.3 Å². The number of alkyl halides is 1.